The van der Waals surface area contributed by atoms with Crippen molar-refractivity contribution in [1.29, 1.82) is 5.26 Å². The van der Waals surface area contributed by atoms with E-state index in [1.165, 1.54) is 24.3 Å². The lowest BCUT2D eigenvalue weighted by Crippen LogP contribution is -2.35. The van der Waals surface area contributed by atoms with Gasteiger partial charge in [0.1, 0.15) is 0 Å². The van der Waals surface area contributed by atoms with Gasteiger partial charge in [-0.2, -0.15) is 17.0 Å². The number of hydrogen-bond acceptors (Lipinski definition) is 3. The number of nitrogens with zero attached hydrogens (tertiary/aromatic N) is 1. The van der Waals surface area contributed by atoms with Gasteiger partial charge >= 0.3 is 0 Å². The van der Waals surface area contributed by atoms with Crippen LogP contribution in [0, 0.1) is 16.7 Å². The summed E-state index contributed by atoms with van der Waals surface area (Å²) in [6, 6.07) is 3.02. The molecule has 1 unspecified atom stereocenters. The van der Waals surface area contributed by atoms with Crippen LogP contribution in [-0.4, -0.2) is 24.1 Å². The number of nitrogens with one attached hydrogen (secondary N) is 1. The first-order valence-electron chi connectivity index (χ1n) is 5.36. The third-order valence-corrected chi connectivity index (χ3v) is 3.86. The van der Waals surface area contributed by atoms with E-state index in [0.717, 1.165) is 13.0 Å². The van der Waals surface area contributed by atoms with Crippen molar-refractivity contribution in [2.45, 2.75) is 39.2 Å². The Morgan fingerprint density at radius 2 is 2.36 bits per heavy atom. The first-order chi connectivity index (χ1) is 6.64. The highest BCUT2D eigenvalue weighted by atomic mass is 32.2. The van der Waals surface area contributed by atoms with E-state index in [1.54, 1.807) is 0 Å². The second-order valence-corrected chi connectivity index (χ2v) is 5.76. The molecule has 1 saturated heterocycles. The Kier molecular flexibility index (Phi) is 4.77. The highest BCUT2D eigenvalue weighted by molar-refractivity contribution is 7.99. The first kappa shape index (κ1) is 11.9. The molecular weight excluding hydrogens is 192 g/mol. The van der Waals surface area contributed by atoms with Gasteiger partial charge in [-0.25, -0.2) is 0 Å². The van der Waals surface area contributed by atoms with Crippen LogP contribution in [0.5, 0.6) is 0 Å². The van der Waals surface area contributed by atoms with Gasteiger partial charge in [0.15, 0.2) is 0 Å². The minimum atomic E-state index is -0.172. The second-order valence-electron chi connectivity index (χ2n) is 4.61. The highest BCUT2D eigenvalue weighted by Gasteiger charge is 2.18. The Morgan fingerprint density at radius 3 is 2.93 bits per heavy atom. The summed E-state index contributed by atoms with van der Waals surface area (Å²) in [5.74, 6) is 2.56. The van der Waals surface area contributed by atoms with Crippen LogP contribution in [-0.2, 0) is 0 Å². The Hall–Kier alpha value is -0.200. The van der Waals surface area contributed by atoms with E-state index in [4.69, 9.17) is 5.26 Å². The van der Waals surface area contributed by atoms with Crippen molar-refractivity contribution in [3.8, 4) is 6.07 Å². The zero-order valence-electron chi connectivity index (χ0n) is 9.18. The van der Waals surface area contributed by atoms with Gasteiger partial charge < -0.3 is 5.32 Å². The van der Waals surface area contributed by atoms with E-state index in [9.17, 15) is 0 Å². The van der Waals surface area contributed by atoms with Crippen molar-refractivity contribution in [3.05, 3.63) is 0 Å². The predicted molar refractivity (Wildman–Crippen MR) is 62.4 cm³/mol. The summed E-state index contributed by atoms with van der Waals surface area (Å²) in [4.78, 5) is 0. The lowest BCUT2D eigenvalue weighted by atomic mass is 9.91. The summed E-state index contributed by atoms with van der Waals surface area (Å²) in [7, 11) is 0. The Labute approximate surface area is 91.4 Å². The molecule has 80 valence electrons. The lowest BCUT2D eigenvalue weighted by Gasteiger charge is -2.24. The largest absolute Gasteiger partial charge is 0.313 e. The van der Waals surface area contributed by atoms with Crippen molar-refractivity contribution >= 4 is 11.8 Å². The Morgan fingerprint density at radius 1 is 1.57 bits per heavy atom. The topological polar surface area (TPSA) is 35.8 Å². The minimum absolute atomic E-state index is 0.172. The van der Waals surface area contributed by atoms with Crippen LogP contribution < -0.4 is 5.32 Å². The maximum atomic E-state index is 8.85. The number of thioether (sulfide) groups is 1. The van der Waals surface area contributed by atoms with E-state index < -0.39 is 0 Å². The molecule has 1 rings (SSSR count). The van der Waals surface area contributed by atoms with Gasteiger partial charge in [-0.15, -0.1) is 0 Å². The summed E-state index contributed by atoms with van der Waals surface area (Å²) < 4.78 is 0. The third kappa shape index (κ3) is 4.34. The van der Waals surface area contributed by atoms with E-state index in [1.807, 2.05) is 25.6 Å². The molecule has 2 nitrogen and oxygen atoms in total. The number of nitriles is 1. The fourth-order valence-corrected chi connectivity index (χ4v) is 2.65. The van der Waals surface area contributed by atoms with E-state index in [2.05, 4.69) is 11.4 Å². The van der Waals surface area contributed by atoms with Crippen molar-refractivity contribution in [2.24, 2.45) is 5.41 Å². The molecule has 3 heteroatoms. The van der Waals surface area contributed by atoms with Gasteiger partial charge in [0.25, 0.3) is 0 Å². The number of hydrogen-bond donors (Lipinski definition) is 1. The summed E-state index contributed by atoms with van der Waals surface area (Å²) in [6.07, 6.45) is 3.59. The average Bonchev–Trinajstić information content (AvgIpc) is 2.19. The van der Waals surface area contributed by atoms with Crippen LogP contribution in [0.2, 0.25) is 0 Å². The van der Waals surface area contributed by atoms with Crippen LogP contribution in [0.25, 0.3) is 0 Å². The normalized spacial score (nSPS) is 23.1. The zero-order chi connectivity index (χ0) is 10.4. The predicted octanol–water partition coefficient (Wildman–Crippen LogP) is 2.41. The van der Waals surface area contributed by atoms with Crippen LogP contribution in [0.15, 0.2) is 0 Å². The van der Waals surface area contributed by atoms with Crippen molar-refractivity contribution in [3.63, 3.8) is 0 Å². The zero-order valence-corrected chi connectivity index (χ0v) is 9.99. The molecule has 1 N–H and O–H groups in total. The van der Waals surface area contributed by atoms with Gasteiger partial charge in [0.2, 0.25) is 0 Å². The molecule has 1 heterocycles. The molecule has 1 aliphatic rings. The van der Waals surface area contributed by atoms with Crippen LogP contribution in [0.3, 0.4) is 0 Å². The molecule has 1 aliphatic heterocycles. The van der Waals surface area contributed by atoms with Gasteiger partial charge in [-0.3, -0.25) is 0 Å². The highest BCUT2D eigenvalue weighted by Crippen LogP contribution is 2.19. The maximum absolute atomic E-state index is 8.85. The molecular formula is C11H20N2S. The number of rotatable bonds is 4. The van der Waals surface area contributed by atoms with E-state index >= 15 is 0 Å². The third-order valence-electron chi connectivity index (χ3n) is 2.65. The fourth-order valence-electron chi connectivity index (χ4n) is 1.55. The average molecular weight is 212 g/mol. The summed E-state index contributed by atoms with van der Waals surface area (Å²) in [5.41, 5.74) is -0.172. The Bertz CT molecular complexity index is 202. The van der Waals surface area contributed by atoms with E-state index in [0.29, 0.717) is 6.04 Å². The molecule has 0 amide bonds. The first-order valence-corrected chi connectivity index (χ1v) is 6.52. The molecule has 0 aromatic rings. The quantitative estimate of drug-likeness (QED) is 0.777. The molecule has 0 aliphatic carbocycles. The van der Waals surface area contributed by atoms with Crippen LogP contribution >= 0.6 is 11.8 Å². The molecule has 0 saturated carbocycles. The summed E-state index contributed by atoms with van der Waals surface area (Å²) in [6.45, 7) is 4.99. The fraction of sp³-hybridized carbons (Fsp3) is 0.909. The molecule has 0 spiro atoms. The van der Waals surface area contributed by atoms with Gasteiger partial charge in [-0.1, -0.05) is 0 Å². The molecule has 0 aromatic carbocycles. The van der Waals surface area contributed by atoms with Crippen LogP contribution in [0.4, 0.5) is 0 Å². The maximum Gasteiger partial charge on any atom is 0.0684 e. The van der Waals surface area contributed by atoms with Crippen molar-refractivity contribution in [1.82, 2.24) is 5.32 Å². The molecule has 14 heavy (non-hydrogen) atoms. The second kappa shape index (κ2) is 5.63. The van der Waals surface area contributed by atoms with Crippen molar-refractivity contribution < 1.29 is 0 Å². The standard InChI is InChI=1S/C11H20N2S/c1-11(2,9-12)5-6-13-10-4-3-7-14-8-10/h10,13H,3-8H2,1-2H3. The van der Waals surface area contributed by atoms with Gasteiger partial charge in [-0.05, 0) is 45.4 Å². The van der Waals surface area contributed by atoms with E-state index in [-0.39, 0.29) is 5.41 Å². The Balaban J connectivity index is 2.12. The monoisotopic (exact) mass is 212 g/mol. The SMILES string of the molecule is CC(C)(C#N)CCNC1CCCSC1. The molecule has 1 fully saturated rings. The molecule has 0 bridgehead atoms. The van der Waals surface area contributed by atoms with Gasteiger partial charge in [0, 0.05) is 11.8 Å². The molecule has 0 aromatic heterocycles. The minimum Gasteiger partial charge on any atom is -0.313 e. The van der Waals surface area contributed by atoms with Crippen molar-refractivity contribution in [2.75, 3.05) is 18.1 Å². The summed E-state index contributed by atoms with van der Waals surface area (Å²) >= 11 is 2.04. The lowest BCUT2D eigenvalue weighted by molar-refractivity contribution is 0.406. The molecule has 1 atom stereocenters. The van der Waals surface area contributed by atoms with Crippen LogP contribution in [0.1, 0.15) is 33.1 Å². The van der Waals surface area contributed by atoms with Gasteiger partial charge in [0.05, 0.1) is 11.5 Å². The molecule has 0 radical (unpaired) electrons. The summed E-state index contributed by atoms with van der Waals surface area (Å²) in [5, 5.41) is 12.4. The smallest absolute Gasteiger partial charge is 0.0684 e.